The molecule has 0 saturated heterocycles. The van der Waals surface area contributed by atoms with Gasteiger partial charge in [0.1, 0.15) is 0 Å². The fourth-order valence-electron chi connectivity index (χ4n) is 1.41. The van der Waals surface area contributed by atoms with E-state index in [4.69, 9.17) is 0 Å². The normalized spacial score (nSPS) is 12.7. The highest BCUT2D eigenvalue weighted by atomic mass is 127. The minimum absolute atomic E-state index is 0.0970. The van der Waals surface area contributed by atoms with E-state index >= 15 is 0 Å². The molecule has 1 heterocycles. The van der Waals surface area contributed by atoms with Crippen LogP contribution in [-0.4, -0.2) is 27.3 Å². The fourth-order valence-corrected chi connectivity index (χ4v) is 2.33. The summed E-state index contributed by atoms with van der Waals surface area (Å²) in [4.78, 5) is 0. The molecule has 7 heteroatoms. The molecule has 0 aliphatic rings. The van der Waals surface area contributed by atoms with Gasteiger partial charge in [0, 0.05) is 8.04 Å². The second-order valence-electron chi connectivity index (χ2n) is 3.55. The van der Waals surface area contributed by atoms with Crippen LogP contribution >= 0.6 is 38.5 Å². The average Bonchev–Trinajstić information content (AvgIpc) is 2.80. The summed E-state index contributed by atoms with van der Waals surface area (Å²) in [5, 5.41) is 15.0. The second-order valence-corrected chi connectivity index (χ2v) is 5.63. The molecule has 5 nitrogen and oxygen atoms in total. The molecule has 0 radical (unpaired) electrons. The summed E-state index contributed by atoms with van der Waals surface area (Å²) in [6.45, 7) is 2.02. The van der Waals surface area contributed by atoms with Crippen LogP contribution in [0.2, 0.25) is 0 Å². The van der Waals surface area contributed by atoms with Crippen LogP contribution in [0.4, 0.5) is 0 Å². The maximum absolute atomic E-state index is 4.05. The van der Waals surface area contributed by atoms with E-state index < -0.39 is 0 Å². The zero-order valence-corrected chi connectivity index (χ0v) is 13.1. The van der Waals surface area contributed by atoms with Gasteiger partial charge in [-0.25, -0.2) is 0 Å². The van der Waals surface area contributed by atoms with E-state index in [1.165, 1.54) is 0 Å². The van der Waals surface area contributed by atoms with E-state index in [1.807, 2.05) is 32.2 Å². The van der Waals surface area contributed by atoms with Gasteiger partial charge in [-0.3, -0.25) is 0 Å². The van der Waals surface area contributed by atoms with Gasteiger partial charge < -0.3 is 5.32 Å². The summed E-state index contributed by atoms with van der Waals surface area (Å²) in [5.41, 5.74) is 0.974. The second kappa shape index (κ2) is 5.40. The van der Waals surface area contributed by atoms with E-state index in [-0.39, 0.29) is 6.04 Å². The summed E-state index contributed by atoms with van der Waals surface area (Å²) < 4.78 is 3.86. The molecule has 0 amide bonds. The molecule has 1 aromatic heterocycles. The molecular formula is C10H11BrIN5. The highest BCUT2D eigenvalue weighted by Gasteiger charge is 2.15. The van der Waals surface area contributed by atoms with Crippen molar-refractivity contribution in [1.82, 2.24) is 25.5 Å². The number of rotatable bonds is 3. The number of benzene rings is 1. The van der Waals surface area contributed by atoms with Crippen LogP contribution in [0.15, 0.2) is 22.7 Å². The number of halogens is 2. The van der Waals surface area contributed by atoms with Gasteiger partial charge >= 0.3 is 0 Å². The molecule has 1 unspecified atom stereocenters. The Morgan fingerprint density at radius 3 is 2.94 bits per heavy atom. The van der Waals surface area contributed by atoms with Crippen molar-refractivity contribution in [3.8, 4) is 5.69 Å². The number of nitrogens with one attached hydrogen (secondary N) is 1. The molecule has 1 atom stereocenters. The van der Waals surface area contributed by atoms with Crippen LogP contribution in [0.5, 0.6) is 0 Å². The number of hydrogen-bond donors (Lipinski definition) is 1. The number of tetrazole rings is 1. The molecule has 0 aliphatic carbocycles. The van der Waals surface area contributed by atoms with Gasteiger partial charge in [-0.15, -0.1) is 5.10 Å². The fraction of sp³-hybridized carbons (Fsp3) is 0.300. The van der Waals surface area contributed by atoms with Crippen molar-refractivity contribution in [2.24, 2.45) is 0 Å². The van der Waals surface area contributed by atoms with Crippen LogP contribution in [0.3, 0.4) is 0 Å². The van der Waals surface area contributed by atoms with Crippen LogP contribution in [0, 0.1) is 3.57 Å². The maximum Gasteiger partial charge on any atom is 0.173 e. The first kappa shape index (κ1) is 12.9. The van der Waals surface area contributed by atoms with Gasteiger partial charge in [-0.1, -0.05) is 15.9 Å². The predicted molar refractivity (Wildman–Crippen MR) is 77.0 cm³/mol. The van der Waals surface area contributed by atoms with Crippen molar-refractivity contribution in [2.75, 3.05) is 7.05 Å². The Bertz CT molecular complexity index is 527. The average molecular weight is 408 g/mol. The monoisotopic (exact) mass is 407 g/mol. The van der Waals surface area contributed by atoms with Crippen molar-refractivity contribution in [3.05, 3.63) is 32.1 Å². The van der Waals surface area contributed by atoms with Crippen molar-refractivity contribution in [2.45, 2.75) is 13.0 Å². The van der Waals surface area contributed by atoms with Crippen LogP contribution < -0.4 is 5.32 Å². The van der Waals surface area contributed by atoms with Gasteiger partial charge in [0.2, 0.25) is 0 Å². The molecule has 0 bridgehead atoms. The van der Waals surface area contributed by atoms with Gasteiger partial charge in [0.25, 0.3) is 0 Å². The summed E-state index contributed by atoms with van der Waals surface area (Å²) >= 11 is 5.73. The molecule has 0 fully saturated rings. The van der Waals surface area contributed by atoms with Gasteiger partial charge in [-0.05, 0) is 65.2 Å². The SMILES string of the molecule is CNC(C)c1nnnn1-c1cc(Br)ccc1I. The highest BCUT2D eigenvalue weighted by molar-refractivity contribution is 14.1. The summed E-state index contributed by atoms with van der Waals surface area (Å²) in [6, 6.07) is 6.12. The first-order chi connectivity index (χ1) is 8.13. The third kappa shape index (κ3) is 2.66. The van der Waals surface area contributed by atoms with Gasteiger partial charge in [0.15, 0.2) is 5.82 Å². The van der Waals surface area contributed by atoms with E-state index in [0.717, 1.165) is 19.6 Å². The summed E-state index contributed by atoms with van der Waals surface area (Å²) in [7, 11) is 1.88. The largest absolute Gasteiger partial charge is 0.311 e. The maximum atomic E-state index is 4.05. The lowest BCUT2D eigenvalue weighted by atomic mass is 10.3. The zero-order valence-electron chi connectivity index (χ0n) is 9.35. The quantitative estimate of drug-likeness (QED) is 0.793. The lowest BCUT2D eigenvalue weighted by Crippen LogP contribution is -2.18. The molecule has 2 rings (SSSR count). The first-order valence-electron chi connectivity index (χ1n) is 5.04. The molecular weight excluding hydrogens is 397 g/mol. The third-order valence-corrected chi connectivity index (χ3v) is 3.86. The molecule has 1 aromatic carbocycles. The molecule has 0 spiro atoms. The smallest absolute Gasteiger partial charge is 0.173 e. The Labute approximate surface area is 121 Å². The van der Waals surface area contributed by atoms with Gasteiger partial charge in [-0.2, -0.15) is 4.68 Å². The molecule has 17 heavy (non-hydrogen) atoms. The molecule has 0 aliphatic heterocycles. The van der Waals surface area contributed by atoms with E-state index in [2.05, 4.69) is 59.4 Å². The van der Waals surface area contributed by atoms with E-state index in [0.29, 0.717) is 0 Å². The van der Waals surface area contributed by atoms with Gasteiger partial charge in [0.05, 0.1) is 11.7 Å². The van der Waals surface area contributed by atoms with Crippen LogP contribution in [0.25, 0.3) is 5.69 Å². The molecule has 2 aromatic rings. The van der Waals surface area contributed by atoms with Crippen molar-refractivity contribution in [1.29, 1.82) is 0 Å². The van der Waals surface area contributed by atoms with Crippen molar-refractivity contribution in [3.63, 3.8) is 0 Å². The lowest BCUT2D eigenvalue weighted by molar-refractivity contribution is 0.588. The lowest BCUT2D eigenvalue weighted by Gasteiger charge is -2.11. The minimum atomic E-state index is 0.0970. The first-order valence-corrected chi connectivity index (χ1v) is 6.91. The van der Waals surface area contributed by atoms with Crippen LogP contribution in [0.1, 0.15) is 18.8 Å². The summed E-state index contributed by atoms with van der Waals surface area (Å²) in [5.74, 6) is 0.795. The topological polar surface area (TPSA) is 55.6 Å². The van der Waals surface area contributed by atoms with Crippen molar-refractivity contribution < 1.29 is 0 Å². The Kier molecular flexibility index (Phi) is 4.10. The van der Waals surface area contributed by atoms with E-state index in [9.17, 15) is 0 Å². The van der Waals surface area contributed by atoms with Crippen LogP contribution in [-0.2, 0) is 0 Å². The number of nitrogens with zero attached hydrogens (tertiary/aromatic N) is 4. The van der Waals surface area contributed by atoms with Crippen molar-refractivity contribution >= 4 is 38.5 Å². The molecule has 0 saturated carbocycles. The third-order valence-electron chi connectivity index (χ3n) is 2.45. The Morgan fingerprint density at radius 1 is 1.47 bits per heavy atom. The Hall–Kier alpha value is -0.540. The zero-order chi connectivity index (χ0) is 12.4. The Balaban J connectivity index is 2.53. The number of hydrogen-bond acceptors (Lipinski definition) is 4. The Morgan fingerprint density at radius 2 is 2.24 bits per heavy atom. The summed E-state index contributed by atoms with van der Waals surface area (Å²) in [6.07, 6.45) is 0. The number of aromatic nitrogens is 4. The minimum Gasteiger partial charge on any atom is -0.311 e. The standard InChI is InChI=1S/C10H11BrIN5/c1-6(13-2)10-14-15-16-17(10)9-5-7(11)3-4-8(9)12/h3-6,13H,1-2H3. The highest BCUT2D eigenvalue weighted by Crippen LogP contribution is 2.23. The molecule has 1 N–H and O–H groups in total. The van der Waals surface area contributed by atoms with E-state index in [1.54, 1.807) is 4.68 Å². The predicted octanol–water partition coefficient (Wildman–Crippen LogP) is 2.31. The molecule has 90 valence electrons.